The van der Waals surface area contributed by atoms with Gasteiger partial charge in [-0.05, 0) is 12.2 Å². The van der Waals surface area contributed by atoms with E-state index in [0.29, 0.717) is 65.8 Å². The van der Waals surface area contributed by atoms with E-state index < -0.39 is 0 Å². The van der Waals surface area contributed by atoms with Gasteiger partial charge in [-0.15, -0.1) is 12.4 Å². The summed E-state index contributed by atoms with van der Waals surface area (Å²) in [7, 11) is 4.13. The second kappa shape index (κ2) is 24.7. The Bertz CT molecular complexity index is 466. The van der Waals surface area contributed by atoms with E-state index in [0.717, 1.165) is 6.54 Å². The van der Waals surface area contributed by atoms with E-state index in [1.54, 1.807) is 0 Å². The minimum absolute atomic E-state index is 0. The fourth-order valence-corrected chi connectivity index (χ4v) is 3.75. The summed E-state index contributed by atoms with van der Waals surface area (Å²) in [6, 6.07) is 0. The Kier molecular flexibility index (Phi) is 31.9. The van der Waals surface area contributed by atoms with Crippen molar-refractivity contribution < 1.29 is 68.9 Å². The number of quaternary nitrogens is 3. The molecule has 0 aliphatic rings. The van der Waals surface area contributed by atoms with Crippen molar-refractivity contribution in [3.05, 3.63) is 24.4 Å². The van der Waals surface area contributed by atoms with Gasteiger partial charge in [0.05, 0.1) is 66.5 Å². The standard InChI is InChI=1S/C21H46N3O6.CH4.3ClH/c1-22(2,7-5-9-24(13-19-28,14-20-29)15-21-30)6-3-4-8-23(10-16-25,11-17-26)12-18-27;;;;/h3-5,7,25-30H,6,8-21H2,1-2H3;1H4;3*1H/q+3;;;;/p-2. The van der Waals surface area contributed by atoms with Crippen LogP contribution in [-0.4, -0.2) is 157 Å². The second-order valence-corrected chi connectivity index (χ2v) is 8.55. The van der Waals surface area contributed by atoms with Crippen LogP contribution in [0, 0.1) is 0 Å². The van der Waals surface area contributed by atoms with Crippen LogP contribution >= 0.6 is 12.4 Å². The normalized spacial score (nSPS) is 12.1. The summed E-state index contributed by atoms with van der Waals surface area (Å²) in [5.74, 6) is 0. The van der Waals surface area contributed by atoms with E-state index in [1.165, 1.54) is 0 Å². The number of hydrogen-bond acceptors (Lipinski definition) is 6. The van der Waals surface area contributed by atoms with Crippen LogP contribution in [0.25, 0.3) is 0 Å². The first-order valence-electron chi connectivity index (χ1n) is 10.8. The summed E-state index contributed by atoms with van der Waals surface area (Å²) in [5, 5.41) is 56.2. The molecule has 0 aliphatic heterocycles. The average molecular weight is 560 g/mol. The molecule has 0 spiro atoms. The molecular formula is C22H51Cl3N3O6+. The first kappa shape index (κ1) is 44.0. The third-order valence-electron chi connectivity index (χ3n) is 5.68. The van der Waals surface area contributed by atoms with E-state index in [2.05, 4.69) is 26.4 Å². The number of aliphatic hydroxyl groups excluding tert-OH is 6. The van der Waals surface area contributed by atoms with Gasteiger partial charge >= 0.3 is 0 Å². The maximum atomic E-state index is 9.37. The number of rotatable bonds is 19. The summed E-state index contributed by atoms with van der Waals surface area (Å²) < 4.78 is 1.50. The van der Waals surface area contributed by atoms with Gasteiger partial charge in [-0.2, -0.15) is 0 Å². The van der Waals surface area contributed by atoms with Gasteiger partial charge in [-0.1, -0.05) is 7.43 Å². The number of hydrogen-bond donors (Lipinski definition) is 6. The van der Waals surface area contributed by atoms with Crippen molar-refractivity contribution in [1.29, 1.82) is 0 Å². The van der Waals surface area contributed by atoms with Crippen LogP contribution in [0.1, 0.15) is 7.43 Å². The van der Waals surface area contributed by atoms with Gasteiger partial charge in [0.2, 0.25) is 0 Å². The molecule has 0 amide bonds. The van der Waals surface area contributed by atoms with Gasteiger partial charge in [0.25, 0.3) is 0 Å². The van der Waals surface area contributed by atoms with Gasteiger partial charge in [-0.25, -0.2) is 0 Å². The van der Waals surface area contributed by atoms with E-state index >= 15 is 0 Å². The molecule has 6 N–H and O–H groups in total. The van der Waals surface area contributed by atoms with E-state index in [-0.39, 0.29) is 84.3 Å². The lowest BCUT2D eigenvalue weighted by Gasteiger charge is -2.36. The molecule has 0 radical (unpaired) electrons. The highest BCUT2D eigenvalue weighted by atomic mass is 35.5. The molecule has 0 bridgehead atoms. The highest BCUT2D eigenvalue weighted by Crippen LogP contribution is 2.09. The highest BCUT2D eigenvalue weighted by molar-refractivity contribution is 5.85. The topological polar surface area (TPSA) is 121 Å². The van der Waals surface area contributed by atoms with Gasteiger partial charge < -0.3 is 64.4 Å². The van der Waals surface area contributed by atoms with Gasteiger partial charge in [0, 0.05) is 6.08 Å². The number of nitrogens with zero attached hydrogens (tertiary/aromatic N) is 3. The van der Waals surface area contributed by atoms with E-state index in [1.807, 2.05) is 12.2 Å². The second-order valence-electron chi connectivity index (χ2n) is 8.55. The van der Waals surface area contributed by atoms with Crippen molar-refractivity contribution in [3.63, 3.8) is 0 Å². The first-order valence-corrected chi connectivity index (χ1v) is 10.8. The van der Waals surface area contributed by atoms with Crippen LogP contribution in [0.2, 0.25) is 0 Å². The molecule has 0 saturated heterocycles. The molecule has 0 aliphatic carbocycles. The summed E-state index contributed by atoms with van der Waals surface area (Å²) in [4.78, 5) is 0. The summed E-state index contributed by atoms with van der Waals surface area (Å²) in [5.41, 5.74) is 0. The van der Waals surface area contributed by atoms with Crippen molar-refractivity contribution in [2.45, 2.75) is 7.43 Å². The zero-order valence-electron chi connectivity index (χ0n) is 20.1. The van der Waals surface area contributed by atoms with Crippen LogP contribution in [0.3, 0.4) is 0 Å². The van der Waals surface area contributed by atoms with Crippen molar-refractivity contribution in [3.8, 4) is 0 Å². The van der Waals surface area contributed by atoms with Gasteiger partial charge in [0.15, 0.2) is 0 Å². The van der Waals surface area contributed by atoms with Crippen molar-refractivity contribution in [2.75, 3.05) is 113 Å². The monoisotopic (exact) mass is 558 g/mol. The molecule has 12 heteroatoms. The predicted molar refractivity (Wildman–Crippen MR) is 131 cm³/mol. The Balaban J connectivity index is -0.000000701. The third kappa shape index (κ3) is 18.3. The highest BCUT2D eigenvalue weighted by Gasteiger charge is 2.26. The molecule has 34 heavy (non-hydrogen) atoms. The minimum atomic E-state index is 0. The largest absolute Gasteiger partial charge is 1.00 e. The zero-order chi connectivity index (χ0) is 22.9. The Morgan fingerprint density at radius 1 is 0.500 bits per heavy atom. The van der Waals surface area contributed by atoms with Crippen molar-refractivity contribution in [2.24, 2.45) is 0 Å². The quantitative estimate of drug-likeness (QED) is 0.0691. The summed E-state index contributed by atoms with van der Waals surface area (Å²) in [6.45, 7) is 4.96. The fraction of sp³-hybridized carbons (Fsp3) is 0.818. The third-order valence-corrected chi connectivity index (χ3v) is 5.68. The Labute approximate surface area is 225 Å². The molecule has 0 fully saturated rings. The maximum Gasteiger partial charge on any atom is 0.103 e. The lowest BCUT2D eigenvalue weighted by molar-refractivity contribution is -0.924. The molecule has 0 aromatic carbocycles. The molecule has 0 aromatic rings. The summed E-state index contributed by atoms with van der Waals surface area (Å²) >= 11 is 0. The number of likely N-dealkylation sites (N-methyl/N-ethyl adjacent to an activating group) is 1. The molecule has 210 valence electrons. The van der Waals surface area contributed by atoms with E-state index in [4.69, 9.17) is 0 Å². The predicted octanol–water partition coefficient (Wildman–Crippen LogP) is -7.21. The zero-order valence-corrected chi connectivity index (χ0v) is 22.4. The van der Waals surface area contributed by atoms with Crippen LogP contribution in [-0.2, 0) is 0 Å². The van der Waals surface area contributed by atoms with Gasteiger partial charge in [-0.3, -0.25) is 4.48 Å². The molecule has 9 nitrogen and oxygen atoms in total. The van der Waals surface area contributed by atoms with Crippen LogP contribution in [0.15, 0.2) is 24.4 Å². The smallest absolute Gasteiger partial charge is 0.103 e. The Morgan fingerprint density at radius 2 is 0.765 bits per heavy atom. The Hall–Kier alpha value is -0.0100. The molecular weight excluding hydrogens is 509 g/mol. The lowest BCUT2D eigenvalue weighted by atomic mass is 10.3. The lowest BCUT2D eigenvalue weighted by Crippen LogP contribution is -3.00. The number of halogens is 3. The molecule has 0 rings (SSSR count). The minimum Gasteiger partial charge on any atom is -1.00 e. The van der Waals surface area contributed by atoms with E-state index in [9.17, 15) is 30.6 Å². The van der Waals surface area contributed by atoms with Gasteiger partial charge in [0.1, 0.15) is 52.4 Å². The molecule has 0 heterocycles. The van der Waals surface area contributed by atoms with Crippen LogP contribution < -0.4 is 24.8 Å². The maximum absolute atomic E-state index is 9.37. The van der Waals surface area contributed by atoms with Crippen molar-refractivity contribution in [1.82, 2.24) is 0 Å². The molecule has 0 unspecified atom stereocenters. The molecule has 0 atom stereocenters. The molecule has 0 saturated carbocycles. The SMILES string of the molecule is C.C[N+](C)(C=CC[N+](CCO)(CCO)CCO)CC=CC[N+](CCO)(CCO)CCO.Cl.[Cl-].[Cl-]. The fourth-order valence-electron chi connectivity index (χ4n) is 3.75. The van der Waals surface area contributed by atoms with Crippen molar-refractivity contribution >= 4 is 12.4 Å². The summed E-state index contributed by atoms with van der Waals surface area (Å²) in [6.07, 6.45) is 8.22. The first-order chi connectivity index (χ1) is 14.3. The van der Waals surface area contributed by atoms with Crippen LogP contribution in [0.5, 0.6) is 0 Å². The van der Waals surface area contributed by atoms with Crippen LogP contribution in [0.4, 0.5) is 0 Å². The average Bonchev–Trinajstić information content (AvgIpc) is 2.66. The number of aliphatic hydroxyl groups is 6. The Morgan fingerprint density at radius 3 is 1.06 bits per heavy atom. The molecule has 0 aromatic heterocycles.